The van der Waals surface area contributed by atoms with Gasteiger partial charge in [-0.15, -0.1) is 11.3 Å². The summed E-state index contributed by atoms with van der Waals surface area (Å²) in [5, 5.41) is 10.1. The third-order valence-electron chi connectivity index (χ3n) is 3.30. The van der Waals surface area contributed by atoms with Crippen LogP contribution in [0.2, 0.25) is 0 Å². The molecule has 0 aliphatic heterocycles. The van der Waals surface area contributed by atoms with Gasteiger partial charge in [-0.1, -0.05) is 24.3 Å². The second-order valence-electron chi connectivity index (χ2n) is 4.86. The van der Waals surface area contributed by atoms with Gasteiger partial charge in [0.2, 0.25) is 0 Å². The van der Waals surface area contributed by atoms with Crippen molar-refractivity contribution in [1.29, 1.82) is 0 Å². The Morgan fingerprint density at radius 2 is 1.91 bits per heavy atom. The molecular formula is C17H14N2O3S. The summed E-state index contributed by atoms with van der Waals surface area (Å²) in [5.41, 5.74) is 8.28. The van der Waals surface area contributed by atoms with Crippen molar-refractivity contribution in [3.63, 3.8) is 0 Å². The van der Waals surface area contributed by atoms with E-state index < -0.39 is 5.97 Å². The van der Waals surface area contributed by atoms with Gasteiger partial charge in [0, 0.05) is 16.8 Å². The number of carboxylic acids is 1. The predicted octanol–water partition coefficient (Wildman–Crippen LogP) is 3.77. The van der Waals surface area contributed by atoms with E-state index in [2.05, 4.69) is 4.98 Å². The molecule has 3 aromatic rings. The van der Waals surface area contributed by atoms with Crippen LogP contribution in [-0.4, -0.2) is 23.2 Å². The van der Waals surface area contributed by atoms with E-state index in [0.717, 1.165) is 16.9 Å². The van der Waals surface area contributed by atoms with Gasteiger partial charge < -0.3 is 15.6 Å². The lowest BCUT2D eigenvalue weighted by Crippen LogP contribution is -1.96. The fraction of sp³-hybridized carbons (Fsp3) is 0.0588. The molecule has 2 aromatic carbocycles. The Morgan fingerprint density at radius 1 is 1.17 bits per heavy atom. The Kier molecular flexibility index (Phi) is 3.99. The van der Waals surface area contributed by atoms with Crippen LogP contribution >= 0.6 is 11.3 Å². The zero-order chi connectivity index (χ0) is 16.4. The number of carboxylic acid groups (broad SMARTS) is 1. The summed E-state index contributed by atoms with van der Waals surface area (Å²) in [4.78, 5) is 16.3. The number of rotatable bonds is 4. The molecule has 0 aliphatic rings. The number of hydrogen-bond acceptors (Lipinski definition) is 5. The number of nitrogens with two attached hydrogens (primary N) is 1. The summed E-state index contributed by atoms with van der Waals surface area (Å²) in [6, 6.07) is 14.4. The van der Waals surface area contributed by atoms with E-state index >= 15 is 0 Å². The van der Waals surface area contributed by atoms with E-state index in [4.69, 9.17) is 10.5 Å². The minimum Gasteiger partial charge on any atom is -0.497 e. The normalized spacial score (nSPS) is 10.5. The van der Waals surface area contributed by atoms with Crippen molar-refractivity contribution in [2.24, 2.45) is 0 Å². The first-order chi connectivity index (χ1) is 11.1. The summed E-state index contributed by atoms with van der Waals surface area (Å²) < 4.78 is 5.21. The van der Waals surface area contributed by atoms with Crippen molar-refractivity contribution >= 4 is 23.0 Å². The van der Waals surface area contributed by atoms with Crippen LogP contribution in [0.15, 0.2) is 48.5 Å². The lowest BCUT2D eigenvalue weighted by molar-refractivity contribution is 0.0702. The van der Waals surface area contributed by atoms with E-state index in [9.17, 15) is 9.90 Å². The lowest BCUT2D eigenvalue weighted by Gasteiger charge is -2.01. The van der Waals surface area contributed by atoms with Gasteiger partial charge in [0.05, 0.1) is 12.8 Å². The van der Waals surface area contributed by atoms with Crippen LogP contribution in [0.5, 0.6) is 5.75 Å². The number of methoxy groups -OCH3 is 1. The molecule has 0 saturated heterocycles. The van der Waals surface area contributed by atoms with Crippen LogP contribution in [0.4, 0.5) is 5.69 Å². The molecule has 0 saturated carbocycles. The molecule has 3 N–H and O–H groups in total. The van der Waals surface area contributed by atoms with E-state index in [1.54, 1.807) is 31.4 Å². The Bertz CT molecular complexity index is 874. The molecule has 0 fully saturated rings. The Balaban J connectivity index is 2.14. The number of nitrogen functional groups attached to an aromatic ring is 1. The Hall–Kier alpha value is -2.86. The van der Waals surface area contributed by atoms with Gasteiger partial charge in [-0.3, -0.25) is 0 Å². The lowest BCUT2D eigenvalue weighted by atomic mass is 10.1. The molecule has 6 heteroatoms. The molecule has 0 amide bonds. The van der Waals surface area contributed by atoms with Crippen molar-refractivity contribution in [2.45, 2.75) is 0 Å². The first-order valence-corrected chi connectivity index (χ1v) is 7.64. The third kappa shape index (κ3) is 3.02. The number of hydrogen-bond donors (Lipinski definition) is 2. The summed E-state index contributed by atoms with van der Waals surface area (Å²) in [5.74, 6) is -0.311. The van der Waals surface area contributed by atoms with Gasteiger partial charge in [-0.25, -0.2) is 9.78 Å². The smallest absolute Gasteiger partial charge is 0.348 e. The molecule has 116 valence electrons. The fourth-order valence-corrected chi connectivity index (χ4v) is 3.15. The number of nitrogens with zero attached hydrogens (tertiary/aromatic N) is 1. The maximum absolute atomic E-state index is 11.6. The van der Waals surface area contributed by atoms with Gasteiger partial charge in [0.15, 0.2) is 0 Å². The number of benzene rings is 2. The number of ether oxygens (including phenoxy) is 1. The van der Waals surface area contributed by atoms with E-state index in [-0.39, 0.29) is 4.88 Å². The minimum atomic E-state index is -1.01. The van der Waals surface area contributed by atoms with Crippen LogP contribution in [0, 0.1) is 0 Å². The highest BCUT2D eigenvalue weighted by Crippen LogP contribution is 2.35. The van der Waals surface area contributed by atoms with Crippen LogP contribution < -0.4 is 10.5 Å². The summed E-state index contributed by atoms with van der Waals surface area (Å²) in [6.07, 6.45) is 0. The van der Waals surface area contributed by atoms with Gasteiger partial charge in [-0.2, -0.15) is 0 Å². The number of anilines is 1. The first kappa shape index (κ1) is 15.1. The van der Waals surface area contributed by atoms with Crippen LogP contribution in [-0.2, 0) is 0 Å². The highest BCUT2D eigenvalue weighted by Gasteiger charge is 2.20. The quantitative estimate of drug-likeness (QED) is 0.713. The van der Waals surface area contributed by atoms with Crippen LogP contribution in [0.25, 0.3) is 21.8 Å². The van der Waals surface area contributed by atoms with Crippen LogP contribution in [0.1, 0.15) is 9.67 Å². The largest absolute Gasteiger partial charge is 0.497 e. The molecule has 0 unspecified atom stereocenters. The van der Waals surface area contributed by atoms with Gasteiger partial charge in [0.1, 0.15) is 15.6 Å². The van der Waals surface area contributed by atoms with E-state index in [1.165, 1.54) is 0 Å². The molecule has 0 aliphatic carbocycles. The van der Waals surface area contributed by atoms with Crippen molar-refractivity contribution in [3.05, 3.63) is 53.4 Å². The molecule has 0 bridgehead atoms. The average Bonchev–Trinajstić information content (AvgIpc) is 3.00. The number of carbonyl (C=O) groups is 1. The Morgan fingerprint density at radius 3 is 2.61 bits per heavy atom. The van der Waals surface area contributed by atoms with Crippen molar-refractivity contribution in [1.82, 2.24) is 4.98 Å². The topological polar surface area (TPSA) is 85.4 Å². The van der Waals surface area contributed by atoms with E-state index in [0.29, 0.717) is 27.7 Å². The first-order valence-electron chi connectivity index (χ1n) is 6.83. The molecule has 0 atom stereocenters. The number of thiazole rings is 1. The molecule has 0 radical (unpaired) electrons. The molecule has 1 heterocycles. The molecular weight excluding hydrogens is 312 g/mol. The van der Waals surface area contributed by atoms with Crippen molar-refractivity contribution in [2.75, 3.05) is 12.8 Å². The molecule has 1 aromatic heterocycles. The highest BCUT2D eigenvalue weighted by atomic mass is 32.1. The van der Waals surface area contributed by atoms with Gasteiger partial charge >= 0.3 is 5.97 Å². The Labute approximate surface area is 137 Å². The fourth-order valence-electron chi connectivity index (χ4n) is 2.23. The minimum absolute atomic E-state index is 0.188. The number of aromatic carboxylic acids is 1. The monoisotopic (exact) mass is 326 g/mol. The SMILES string of the molecule is COc1cccc(-c2nc(-c3cccc(N)c3)c(C(=O)O)s2)c1. The summed E-state index contributed by atoms with van der Waals surface area (Å²) in [6.45, 7) is 0. The maximum Gasteiger partial charge on any atom is 0.348 e. The second-order valence-corrected chi connectivity index (χ2v) is 5.86. The van der Waals surface area contributed by atoms with Crippen LogP contribution in [0.3, 0.4) is 0 Å². The predicted molar refractivity (Wildman–Crippen MR) is 90.9 cm³/mol. The van der Waals surface area contributed by atoms with Crippen molar-refractivity contribution in [3.8, 4) is 27.6 Å². The standard InChI is InChI=1S/C17H14N2O3S/c1-22-13-7-3-5-11(9-13)16-19-14(15(23-16)17(20)21)10-4-2-6-12(18)8-10/h2-9H,18H2,1H3,(H,20,21). The maximum atomic E-state index is 11.6. The zero-order valence-electron chi connectivity index (χ0n) is 12.3. The average molecular weight is 326 g/mol. The number of aromatic nitrogens is 1. The highest BCUT2D eigenvalue weighted by molar-refractivity contribution is 7.17. The molecule has 5 nitrogen and oxygen atoms in total. The van der Waals surface area contributed by atoms with Gasteiger partial charge in [-0.05, 0) is 24.3 Å². The molecule has 3 rings (SSSR count). The molecule has 23 heavy (non-hydrogen) atoms. The summed E-state index contributed by atoms with van der Waals surface area (Å²) in [7, 11) is 1.59. The molecule has 0 spiro atoms. The third-order valence-corrected chi connectivity index (χ3v) is 4.39. The second kappa shape index (κ2) is 6.10. The van der Waals surface area contributed by atoms with E-state index in [1.807, 2.05) is 24.3 Å². The van der Waals surface area contributed by atoms with Gasteiger partial charge in [0.25, 0.3) is 0 Å². The summed E-state index contributed by atoms with van der Waals surface area (Å²) >= 11 is 1.13. The van der Waals surface area contributed by atoms with Crippen molar-refractivity contribution < 1.29 is 14.6 Å². The zero-order valence-corrected chi connectivity index (χ0v) is 13.1.